The summed E-state index contributed by atoms with van der Waals surface area (Å²) in [6, 6.07) is 16.1. The van der Waals surface area contributed by atoms with Gasteiger partial charge in [-0.2, -0.15) is 0 Å². The van der Waals surface area contributed by atoms with Crippen molar-refractivity contribution in [3.05, 3.63) is 83.4 Å². The van der Waals surface area contributed by atoms with Crippen molar-refractivity contribution in [2.24, 2.45) is 0 Å². The number of nitrogens with zero attached hydrogens (tertiary/aromatic N) is 2. The van der Waals surface area contributed by atoms with Crippen LogP contribution in [0, 0.1) is 24.6 Å². The molecule has 7 nitrogen and oxygen atoms in total. The van der Waals surface area contributed by atoms with Crippen LogP contribution in [0.2, 0.25) is 0 Å². The maximum Gasteiger partial charge on any atom is 0.193 e. The van der Waals surface area contributed by atoms with E-state index in [-0.39, 0.29) is 5.82 Å². The highest BCUT2D eigenvalue weighted by atomic mass is 19.1. The van der Waals surface area contributed by atoms with Gasteiger partial charge in [0.25, 0.3) is 0 Å². The second-order valence-electron chi connectivity index (χ2n) is 7.94. The van der Waals surface area contributed by atoms with Gasteiger partial charge >= 0.3 is 0 Å². The van der Waals surface area contributed by atoms with E-state index < -0.39 is 0 Å². The number of hydrogen-bond donors (Lipinski definition) is 2. The number of nitrogens with one attached hydrogen (secondary N) is 2. The highest BCUT2D eigenvalue weighted by Crippen LogP contribution is 2.34. The summed E-state index contributed by atoms with van der Waals surface area (Å²) in [5.74, 6) is 6.62. The van der Waals surface area contributed by atoms with Crippen molar-refractivity contribution >= 4 is 28.7 Å². The second kappa shape index (κ2) is 11.8. The minimum atomic E-state index is -0.261. The summed E-state index contributed by atoms with van der Waals surface area (Å²) in [5.41, 5.74) is 3.85. The SMILES string of the molecule is COc1cc2ncnc(Nc3ccc(F)c(C)c3)c2cc1OCCNCc1ccc(C#CC=O)cc1. The van der Waals surface area contributed by atoms with Crippen LogP contribution in [0.25, 0.3) is 10.9 Å². The number of halogens is 1. The van der Waals surface area contributed by atoms with Gasteiger partial charge in [-0.25, -0.2) is 14.4 Å². The summed E-state index contributed by atoms with van der Waals surface area (Å²) in [6.07, 6.45) is 2.04. The summed E-state index contributed by atoms with van der Waals surface area (Å²) in [4.78, 5) is 19.1. The number of aryl methyl sites for hydroxylation is 1. The molecule has 1 aromatic heterocycles. The third-order valence-corrected chi connectivity index (χ3v) is 5.44. The molecule has 36 heavy (non-hydrogen) atoms. The number of aromatic nitrogens is 2. The average molecular weight is 485 g/mol. The maximum absolute atomic E-state index is 13.6. The fourth-order valence-electron chi connectivity index (χ4n) is 3.58. The Labute approximate surface area is 208 Å². The van der Waals surface area contributed by atoms with Crippen molar-refractivity contribution in [2.45, 2.75) is 13.5 Å². The molecule has 0 aliphatic heterocycles. The first-order valence-corrected chi connectivity index (χ1v) is 11.3. The number of aldehydes is 1. The molecule has 4 aromatic rings. The van der Waals surface area contributed by atoms with E-state index in [0.29, 0.717) is 54.4 Å². The highest BCUT2D eigenvalue weighted by Gasteiger charge is 2.12. The molecule has 1 heterocycles. The average Bonchev–Trinajstić information content (AvgIpc) is 2.90. The number of anilines is 2. The van der Waals surface area contributed by atoms with E-state index in [1.165, 1.54) is 12.4 Å². The molecule has 182 valence electrons. The molecular weight excluding hydrogens is 459 g/mol. The molecule has 0 radical (unpaired) electrons. The van der Waals surface area contributed by atoms with Crippen LogP contribution in [0.4, 0.5) is 15.9 Å². The molecule has 4 rings (SSSR count). The predicted octanol–water partition coefficient (Wildman–Crippen LogP) is 4.55. The Morgan fingerprint density at radius 1 is 1.06 bits per heavy atom. The van der Waals surface area contributed by atoms with E-state index in [9.17, 15) is 9.18 Å². The Morgan fingerprint density at radius 3 is 2.64 bits per heavy atom. The van der Waals surface area contributed by atoms with Gasteiger partial charge in [-0.05, 0) is 60.4 Å². The second-order valence-corrected chi connectivity index (χ2v) is 7.94. The zero-order chi connectivity index (χ0) is 25.3. The monoisotopic (exact) mass is 484 g/mol. The topological polar surface area (TPSA) is 85.4 Å². The predicted molar refractivity (Wildman–Crippen MR) is 137 cm³/mol. The zero-order valence-electron chi connectivity index (χ0n) is 20.0. The van der Waals surface area contributed by atoms with E-state index in [0.717, 1.165) is 22.2 Å². The maximum atomic E-state index is 13.6. The van der Waals surface area contributed by atoms with Crippen molar-refractivity contribution in [3.8, 4) is 23.3 Å². The summed E-state index contributed by atoms with van der Waals surface area (Å²) < 4.78 is 25.2. The fourth-order valence-corrected chi connectivity index (χ4v) is 3.58. The third-order valence-electron chi connectivity index (χ3n) is 5.44. The minimum absolute atomic E-state index is 0.261. The molecule has 0 saturated carbocycles. The van der Waals surface area contributed by atoms with Gasteiger partial charge < -0.3 is 20.1 Å². The number of benzene rings is 3. The van der Waals surface area contributed by atoms with E-state index in [2.05, 4.69) is 32.4 Å². The zero-order valence-corrected chi connectivity index (χ0v) is 20.0. The lowest BCUT2D eigenvalue weighted by Crippen LogP contribution is -2.20. The van der Waals surface area contributed by atoms with Gasteiger partial charge in [0, 0.05) is 35.8 Å². The molecule has 8 heteroatoms. The number of carbonyl (C=O) groups is 1. The highest BCUT2D eigenvalue weighted by molar-refractivity contribution is 5.93. The fraction of sp³-hybridized carbons (Fsp3) is 0.179. The molecular formula is C28H25FN4O3. The summed E-state index contributed by atoms with van der Waals surface area (Å²) in [6.45, 7) is 3.40. The van der Waals surface area contributed by atoms with Crippen molar-refractivity contribution < 1.29 is 18.7 Å². The lowest BCUT2D eigenvalue weighted by Gasteiger charge is -2.14. The molecule has 0 fully saturated rings. The van der Waals surface area contributed by atoms with Gasteiger partial charge in [-0.15, -0.1) is 0 Å². The van der Waals surface area contributed by atoms with E-state index in [1.54, 1.807) is 32.2 Å². The van der Waals surface area contributed by atoms with Crippen LogP contribution >= 0.6 is 0 Å². The van der Waals surface area contributed by atoms with Gasteiger partial charge in [0.2, 0.25) is 0 Å². The Balaban J connectivity index is 1.41. The number of rotatable bonds is 9. The van der Waals surface area contributed by atoms with Crippen LogP contribution in [0.5, 0.6) is 11.5 Å². The van der Waals surface area contributed by atoms with Crippen molar-refractivity contribution in [3.63, 3.8) is 0 Å². The van der Waals surface area contributed by atoms with E-state index in [4.69, 9.17) is 9.47 Å². The molecule has 0 aliphatic carbocycles. The minimum Gasteiger partial charge on any atom is -0.493 e. The Morgan fingerprint density at radius 2 is 1.89 bits per heavy atom. The first kappa shape index (κ1) is 24.6. The largest absolute Gasteiger partial charge is 0.493 e. The lowest BCUT2D eigenvalue weighted by molar-refractivity contribution is -0.103. The normalized spacial score (nSPS) is 10.4. The number of hydrogen-bond acceptors (Lipinski definition) is 7. The van der Waals surface area contributed by atoms with Crippen molar-refractivity contribution in [1.29, 1.82) is 0 Å². The Kier molecular flexibility index (Phi) is 8.06. The molecule has 0 amide bonds. The lowest BCUT2D eigenvalue weighted by atomic mass is 10.1. The van der Waals surface area contributed by atoms with Crippen LogP contribution in [0.15, 0.2) is 60.9 Å². The van der Waals surface area contributed by atoms with E-state index >= 15 is 0 Å². The van der Waals surface area contributed by atoms with Crippen LogP contribution in [0.1, 0.15) is 16.7 Å². The summed E-state index contributed by atoms with van der Waals surface area (Å²) >= 11 is 0. The molecule has 0 saturated heterocycles. The van der Waals surface area contributed by atoms with Gasteiger partial charge in [0.05, 0.1) is 12.6 Å². The molecule has 0 aliphatic rings. The Hall–Kier alpha value is -4.48. The standard InChI is InChI=1S/C28H25FN4O3/c1-19-14-22(9-10-24(19)29)33-28-23-15-27(26(35-2)16-25(23)31-18-32-28)36-13-11-30-17-21-7-5-20(6-8-21)4-3-12-34/h5-10,12,14-16,18,30H,11,13,17H2,1-2H3,(H,31,32,33). The van der Waals surface area contributed by atoms with Gasteiger partial charge in [-0.1, -0.05) is 18.1 Å². The van der Waals surface area contributed by atoms with Crippen LogP contribution in [-0.2, 0) is 11.3 Å². The van der Waals surface area contributed by atoms with Crippen LogP contribution < -0.4 is 20.1 Å². The molecule has 3 aromatic carbocycles. The Bertz CT molecular complexity index is 1430. The number of ether oxygens (including phenoxy) is 2. The summed E-state index contributed by atoms with van der Waals surface area (Å²) in [5, 5.41) is 7.33. The smallest absolute Gasteiger partial charge is 0.193 e. The molecule has 0 unspecified atom stereocenters. The van der Waals surface area contributed by atoms with Crippen molar-refractivity contribution in [1.82, 2.24) is 15.3 Å². The van der Waals surface area contributed by atoms with Crippen LogP contribution in [-0.4, -0.2) is 36.5 Å². The molecule has 0 spiro atoms. The van der Waals surface area contributed by atoms with Crippen LogP contribution in [0.3, 0.4) is 0 Å². The molecule has 0 atom stereocenters. The van der Waals surface area contributed by atoms with Crippen molar-refractivity contribution in [2.75, 3.05) is 25.6 Å². The van der Waals surface area contributed by atoms with E-state index in [1.807, 2.05) is 30.3 Å². The number of methoxy groups -OCH3 is 1. The third kappa shape index (κ3) is 6.14. The molecule has 2 N–H and O–H groups in total. The van der Waals surface area contributed by atoms with Gasteiger partial charge in [-0.3, -0.25) is 4.79 Å². The first-order chi connectivity index (χ1) is 17.6. The number of carbonyl (C=O) groups excluding carboxylic acids is 1. The quantitative estimate of drug-likeness (QED) is 0.205. The first-order valence-electron chi connectivity index (χ1n) is 11.3. The summed E-state index contributed by atoms with van der Waals surface area (Å²) in [7, 11) is 1.58. The molecule has 0 bridgehead atoms. The number of fused-ring (bicyclic) bond motifs is 1. The van der Waals surface area contributed by atoms with Gasteiger partial charge in [0.1, 0.15) is 24.6 Å². The van der Waals surface area contributed by atoms with Gasteiger partial charge in [0.15, 0.2) is 17.8 Å².